The van der Waals surface area contributed by atoms with Crippen LogP contribution in [0.3, 0.4) is 0 Å². The first-order valence-electron chi connectivity index (χ1n) is 6.14. The van der Waals surface area contributed by atoms with E-state index in [0.29, 0.717) is 40.4 Å². The summed E-state index contributed by atoms with van der Waals surface area (Å²) < 4.78 is 0. The van der Waals surface area contributed by atoms with E-state index < -0.39 is 0 Å². The summed E-state index contributed by atoms with van der Waals surface area (Å²) in [4.78, 5) is 16.5. The number of hydrogen-bond donors (Lipinski definition) is 1. The lowest BCUT2D eigenvalue weighted by atomic mass is 10.1. The Morgan fingerprint density at radius 2 is 1.89 bits per heavy atom. The maximum absolute atomic E-state index is 12.4. The number of benzene rings is 1. The van der Waals surface area contributed by atoms with Gasteiger partial charge in [-0.3, -0.25) is 4.79 Å². The van der Waals surface area contributed by atoms with Gasteiger partial charge in [-0.15, -0.1) is 0 Å². The number of piperazine rings is 1. The summed E-state index contributed by atoms with van der Waals surface area (Å²) in [5.74, 6) is -0.0521. The molecule has 1 aromatic rings. The Morgan fingerprint density at radius 1 is 1.32 bits per heavy atom. The normalized spacial score (nSPS) is 20.6. The number of rotatable bonds is 1. The molecule has 1 aliphatic heterocycles. The predicted octanol–water partition coefficient (Wildman–Crippen LogP) is 2.35. The summed E-state index contributed by atoms with van der Waals surface area (Å²) in [6, 6.07) is 3.50. The number of nitrogens with zero attached hydrogens (tertiary/aromatic N) is 2. The van der Waals surface area contributed by atoms with Gasteiger partial charge in [0.25, 0.3) is 5.91 Å². The van der Waals surface area contributed by atoms with Crippen molar-refractivity contribution < 1.29 is 4.79 Å². The van der Waals surface area contributed by atoms with Crippen molar-refractivity contribution in [3.8, 4) is 0 Å². The number of nitrogen functional groups attached to an aromatic ring is 1. The van der Waals surface area contributed by atoms with Gasteiger partial charge < -0.3 is 15.5 Å². The zero-order valence-electron chi connectivity index (χ0n) is 11.0. The summed E-state index contributed by atoms with van der Waals surface area (Å²) in [6.07, 6.45) is 0. The van der Waals surface area contributed by atoms with E-state index in [1.54, 1.807) is 12.1 Å². The van der Waals surface area contributed by atoms with Crippen LogP contribution in [0.2, 0.25) is 10.0 Å². The predicted molar refractivity (Wildman–Crippen MR) is 78.9 cm³/mol. The van der Waals surface area contributed by atoms with Gasteiger partial charge in [0.05, 0.1) is 15.7 Å². The van der Waals surface area contributed by atoms with Gasteiger partial charge in [-0.2, -0.15) is 0 Å². The van der Waals surface area contributed by atoms with Crippen LogP contribution in [0.5, 0.6) is 0 Å². The highest BCUT2D eigenvalue weighted by Gasteiger charge is 2.25. The van der Waals surface area contributed by atoms with Crippen molar-refractivity contribution >= 4 is 34.8 Å². The van der Waals surface area contributed by atoms with Gasteiger partial charge in [0, 0.05) is 31.2 Å². The molecule has 0 aliphatic carbocycles. The molecule has 0 bridgehead atoms. The van der Waals surface area contributed by atoms with Gasteiger partial charge >= 0.3 is 0 Å². The number of carbonyl (C=O) groups excluding carboxylic acids is 1. The molecular weight excluding hydrogens is 285 g/mol. The second kappa shape index (κ2) is 5.57. The minimum atomic E-state index is -0.0521. The van der Waals surface area contributed by atoms with E-state index in [1.165, 1.54) is 0 Å². The van der Waals surface area contributed by atoms with Crippen LogP contribution in [-0.2, 0) is 0 Å². The number of likely N-dealkylation sites (N-methyl/N-ethyl adjacent to an activating group) is 1. The minimum absolute atomic E-state index is 0.0521. The minimum Gasteiger partial charge on any atom is -0.396 e. The third-order valence-electron chi connectivity index (χ3n) is 3.57. The van der Waals surface area contributed by atoms with Gasteiger partial charge in [-0.25, -0.2) is 0 Å². The summed E-state index contributed by atoms with van der Waals surface area (Å²) in [5.41, 5.74) is 6.47. The fourth-order valence-electron chi connectivity index (χ4n) is 2.12. The van der Waals surface area contributed by atoms with Crippen molar-refractivity contribution in [3.05, 3.63) is 27.7 Å². The molecule has 1 unspecified atom stereocenters. The second-order valence-corrected chi connectivity index (χ2v) is 5.75. The lowest BCUT2D eigenvalue weighted by Crippen LogP contribution is -2.52. The number of anilines is 1. The van der Waals surface area contributed by atoms with E-state index in [9.17, 15) is 4.79 Å². The fraction of sp³-hybridized carbons (Fsp3) is 0.462. The molecule has 0 spiro atoms. The van der Waals surface area contributed by atoms with Crippen molar-refractivity contribution in [1.29, 1.82) is 0 Å². The summed E-state index contributed by atoms with van der Waals surface area (Å²) in [7, 11) is 2.06. The topological polar surface area (TPSA) is 49.6 Å². The zero-order valence-corrected chi connectivity index (χ0v) is 12.5. The molecule has 2 N–H and O–H groups in total. The first-order valence-corrected chi connectivity index (χ1v) is 6.89. The molecule has 0 saturated carbocycles. The molecule has 1 fully saturated rings. The van der Waals surface area contributed by atoms with Crippen molar-refractivity contribution in [1.82, 2.24) is 9.80 Å². The summed E-state index contributed by atoms with van der Waals surface area (Å²) in [6.45, 7) is 4.37. The number of halogens is 2. The molecule has 19 heavy (non-hydrogen) atoms. The Morgan fingerprint density at radius 3 is 2.42 bits per heavy atom. The van der Waals surface area contributed by atoms with E-state index in [2.05, 4.69) is 18.9 Å². The van der Waals surface area contributed by atoms with Crippen molar-refractivity contribution in [2.24, 2.45) is 0 Å². The molecule has 1 atom stereocenters. The van der Waals surface area contributed by atoms with Gasteiger partial charge in [0.2, 0.25) is 0 Å². The van der Waals surface area contributed by atoms with Gasteiger partial charge in [-0.05, 0) is 26.1 Å². The van der Waals surface area contributed by atoms with Crippen LogP contribution in [0.1, 0.15) is 17.3 Å². The molecule has 6 heteroatoms. The monoisotopic (exact) mass is 301 g/mol. The number of hydrogen-bond acceptors (Lipinski definition) is 3. The van der Waals surface area contributed by atoms with Crippen LogP contribution in [0.25, 0.3) is 0 Å². The Bertz CT molecular complexity index is 484. The molecule has 1 aliphatic rings. The van der Waals surface area contributed by atoms with Gasteiger partial charge in [0.15, 0.2) is 0 Å². The first-order chi connectivity index (χ1) is 8.90. The van der Waals surface area contributed by atoms with Crippen LogP contribution in [0.4, 0.5) is 5.69 Å². The lowest BCUT2D eigenvalue weighted by molar-refractivity contribution is 0.0572. The SMILES string of the molecule is CC1CN(C(=O)c2cc(Cl)c(N)c(Cl)c2)CCN1C. The highest BCUT2D eigenvalue weighted by atomic mass is 35.5. The lowest BCUT2D eigenvalue weighted by Gasteiger charge is -2.37. The van der Waals surface area contributed by atoms with Crippen molar-refractivity contribution in [2.75, 3.05) is 32.4 Å². The second-order valence-electron chi connectivity index (χ2n) is 4.93. The first kappa shape index (κ1) is 14.4. The molecular formula is C13H17Cl2N3O. The average molecular weight is 302 g/mol. The van der Waals surface area contributed by atoms with Gasteiger partial charge in [0.1, 0.15) is 0 Å². The number of amides is 1. The quantitative estimate of drug-likeness (QED) is 0.810. The smallest absolute Gasteiger partial charge is 0.254 e. The molecule has 2 rings (SSSR count). The highest BCUT2D eigenvalue weighted by Crippen LogP contribution is 2.29. The molecule has 4 nitrogen and oxygen atoms in total. The van der Waals surface area contributed by atoms with E-state index >= 15 is 0 Å². The molecule has 1 heterocycles. The molecule has 1 amide bonds. The van der Waals surface area contributed by atoms with Gasteiger partial charge in [-0.1, -0.05) is 23.2 Å². The van der Waals surface area contributed by atoms with E-state index in [1.807, 2.05) is 4.90 Å². The maximum Gasteiger partial charge on any atom is 0.254 e. The Kier molecular flexibility index (Phi) is 4.23. The van der Waals surface area contributed by atoms with Crippen LogP contribution in [-0.4, -0.2) is 48.4 Å². The largest absolute Gasteiger partial charge is 0.396 e. The Hall–Kier alpha value is -0.970. The third-order valence-corrected chi connectivity index (χ3v) is 4.20. The van der Waals surface area contributed by atoms with E-state index in [-0.39, 0.29) is 5.91 Å². The summed E-state index contributed by atoms with van der Waals surface area (Å²) >= 11 is 11.9. The standard InChI is InChI=1S/C13H17Cl2N3O/c1-8-7-18(4-3-17(8)2)13(19)9-5-10(14)12(16)11(15)6-9/h5-6,8H,3-4,7,16H2,1-2H3. The zero-order chi connectivity index (χ0) is 14.2. The molecule has 104 valence electrons. The van der Waals surface area contributed by atoms with Crippen LogP contribution < -0.4 is 5.73 Å². The average Bonchev–Trinajstić information content (AvgIpc) is 2.37. The van der Waals surface area contributed by atoms with E-state index in [0.717, 1.165) is 6.54 Å². The molecule has 0 radical (unpaired) electrons. The number of carbonyl (C=O) groups is 1. The third kappa shape index (κ3) is 2.96. The van der Waals surface area contributed by atoms with Crippen molar-refractivity contribution in [3.63, 3.8) is 0 Å². The molecule has 0 aromatic heterocycles. The summed E-state index contributed by atoms with van der Waals surface area (Å²) in [5, 5.41) is 0.635. The van der Waals surface area contributed by atoms with E-state index in [4.69, 9.17) is 28.9 Å². The maximum atomic E-state index is 12.4. The Labute approximate surface area is 123 Å². The fourth-order valence-corrected chi connectivity index (χ4v) is 2.61. The van der Waals surface area contributed by atoms with Crippen LogP contribution in [0, 0.1) is 0 Å². The number of nitrogens with two attached hydrogens (primary N) is 1. The Balaban J connectivity index is 2.20. The molecule has 1 saturated heterocycles. The highest BCUT2D eigenvalue weighted by molar-refractivity contribution is 6.39. The molecule has 1 aromatic carbocycles. The van der Waals surface area contributed by atoms with Crippen molar-refractivity contribution in [2.45, 2.75) is 13.0 Å². The van der Waals surface area contributed by atoms with Crippen LogP contribution in [0.15, 0.2) is 12.1 Å². The van der Waals surface area contributed by atoms with Crippen LogP contribution >= 0.6 is 23.2 Å².